The average Bonchev–Trinajstić information content (AvgIpc) is 1.88. The van der Waals surface area contributed by atoms with Crippen LogP contribution in [0.5, 0.6) is 5.75 Å². The topological polar surface area (TPSA) is 57.5 Å². The van der Waals surface area contributed by atoms with E-state index in [0.29, 0.717) is 0 Å². The van der Waals surface area contributed by atoms with Crippen molar-refractivity contribution < 1.29 is 44.6 Å². The van der Waals surface area contributed by atoms with E-state index in [-0.39, 0.29) is 40.9 Å². The number of carbonyl (C=O) groups is 1. The zero-order valence-electron chi connectivity index (χ0n) is 6.11. The minimum absolute atomic E-state index is 0. The fourth-order valence-electron chi connectivity index (χ4n) is 0.604. The van der Waals surface area contributed by atoms with Crippen molar-refractivity contribution in [3.05, 3.63) is 29.8 Å². The van der Waals surface area contributed by atoms with Gasteiger partial charge in [0.2, 0.25) is 0 Å². The minimum Gasteiger partial charge on any atom is -0.508 e. The number of rotatable bonds is 1. The number of carboxylic acid groups (broad SMARTS) is 1. The molecule has 0 fully saturated rings. The van der Waals surface area contributed by atoms with Crippen LogP contribution >= 0.6 is 0 Å². The van der Waals surface area contributed by atoms with Crippen molar-refractivity contribution in [2.24, 2.45) is 0 Å². The molecule has 0 bridgehead atoms. The number of phenols is 1. The number of hydrogen-bond donors (Lipinski definition) is 2. The Morgan fingerprint density at radius 2 is 1.64 bits per heavy atom. The molecule has 52 valence electrons. The molecule has 0 amide bonds. The first-order chi connectivity index (χ1) is 4.70. The molecule has 0 spiro atoms. The van der Waals surface area contributed by atoms with E-state index in [2.05, 4.69) is 0 Å². The van der Waals surface area contributed by atoms with Crippen molar-refractivity contribution >= 4 is 5.97 Å². The number of carboxylic acids is 1. The fourth-order valence-corrected chi connectivity index (χ4v) is 0.604. The molecule has 0 radical (unpaired) electrons. The van der Waals surface area contributed by atoms with E-state index in [9.17, 15) is 4.79 Å². The molecule has 0 unspecified atom stereocenters. The summed E-state index contributed by atoms with van der Waals surface area (Å²) < 4.78 is 0. The zero-order chi connectivity index (χ0) is 7.56. The summed E-state index contributed by atoms with van der Waals surface area (Å²) in [5.41, 5.74) is 0.179. The van der Waals surface area contributed by atoms with Gasteiger partial charge in [0, 0.05) is 0 Å². The van der Waals surface area contributed by atoms with Crippen molar-refractivity contribution in [2.75, 3.05) is 0 Å². The number of benzene rings is 1. The van der Waals surface area contributed by atoms with Crippen LogP contribution in [0.2, 0.25) is 0 Å². The monoisotopic (exact) mass is 161 g/mol. The van der Waals surface area contributed by atoms with Crippen LogP contribution in [0.1, 0.15) is 10.4 Å². The molecule has 0 aromatic heterocycles. The van der Waals surface area contributed by atoms with Crippen molar-refractivity contribution in [1.82, 2.24) is 0 Å². The SMILES string of the molecule is O=C(O)c1ccc(O)cc1.[Na+]. The molecular formula is C7H6NaO3+. The van der Waals surface area contributed by atoms with Gasteiger partial charge in [-0.25, -0.2) is 4.79 Å². The fraction of sp³-hybridized carbons (Fsp3) is 0. The third-order valence-electron chi connectivity index (χ3n) is 1.11. The van der Waals surface area contributed by atoms with Crippen LogP contribution in [0.15, 0.2) is 24.3 Å². The van der Waals surface area contributed by atoms with E-state index < -0.39 is 5.97 Å². The summed E-state index contributed by atoms with van der Waals surface area (Å²) in [6.45, 7) is 0. The van der Waals surface area contributed by atoms with Crippen LogP contribution in [-0.4, -0.2) is 16.2 Å². The predicted octanol–water partition coefficient (Wildman–Crippen LogP) is -1.91. The smallest absolute Gasteiger partial charge is 0.508 e. The molecule has 0 aliphatic heterocycles. The van der Waals surface area contributed by atoms with E-state index in [1.165, 1.54) is 24.3 Å². The van der Waals surface area contributed by atoms with Gasteiger partial charge in [0.25, 0.3) is 0 Å². The summed E-state index contributed by atoms with van der Waals surface area (Å²) in [6, 6.07) is 5.36. The summed E-state index contributed by atoms with van der Waals surface area (Å²) >= 11 is 0. The molecule has 4 heteroatoms. The maximum Gasteiger partial charge on any atom is 1.00 e. The standard InChI is InChI=1S/C7H6O3.Na/c8-6-3-1-5(2-4-6)7(9)10;/h1-4,8H,(H,9,10);/q;+1. The molecule has 0 aliphatic carbocycles. The molecule has 11 heavy (non-hydrogen) atoms. The van der Waals surface area contributed by atoms with Gasteiger partial charge in [-0.05, 0) is 24.3 Å². The summed E-state index contributed by atoms with van der Waals surface area (Å²) in [5, 5.41) is 17.1. The van der Waals surface area contributed by atoms with Gasteiger partial charge in [-0.3, -0.25) is 0 Å². The second-order valence-electron chi connectivity index (χ2n) is 1.85. The molecule has 0 saturated carbocycles. The van der Waals surface area contributed by atoms with Crippen LogP contribution < -0.4 is 29.6 Å². The van der Waals surface area contributed by atoms with Crippen LogP contribution in [0, 0.1) is 0 Å². The largest absolute Gasteiger partial charge is 1.00 e. The summed E-state index contributed by atoms with van der Waals surface area (Å²) in [6.07, 6.45) is 0. The normalized spacial score (nSPS) is 8.36. The third kappa shape index (κ3) is 2.93. The Morgan fingerprint density at radius 3 is 2.00 bits per heavy atom. The van der Waals surface area contributed by atoms with Crippen LogP contribution in [-0.2, 0) is 0 Å². The Bertz CT molecular complexity index is 242. The van der Waals surface area contributed by atoms with Crippen molar-refractivity contribution in [3.8, 4) is 5.75 Å². The third-order valence-corrected chi connectivity index (χ3v) is 1.11. The molecule has 0 aliphatic rings. The molecule has 2 N–H and O–H groups in total. The molecule has 3 nitrogen and oxygen atoms in total. The van der Waals surface area contributed by atoms with Gasteiger partial charge in [0.05, 0.1) is 5.56 Å². The Morgan fingerprint density at radius 1 is 1.18 bits per heavy atom. The maximum absolute atomic E-state index is 10.2. The number of hydrogen-bond acceptors (Lipinski definition) is 2. The summed E-state index contributed by atoms with van der Waals surface area (Å²) in [4.78, 5) is 10.2. The molecule has 0 atom stereocenters. The maximum atomic E-state index is 10.2. The van der Waals surface area contributed by atoms with E-state index in [0.717, 1.165) is 0 Å². The van der Waals surface area contributed by atoms with Gasteiger partial charge in [-0.15, -0.1) is 0 Å². The molecular weight excluding hydrogens is 155 g/mol. The van der Waals surface area contributed by atoms with Crippen LogP contribution in [0.4, 0.5) is 0 Å². The van der Waals surface area contributed by atoms with Gasteiger partial charge in [0.1, 0.15) is 5.75 Å². The van der Waals surface area contributed by atoms with Crippen LogP contribution in [0.3, 0.4) is 0 Å². The second kappa shape index (κ2) is 4.38. The van der Waals surface area contributed by atoms with E-state index >= 15 is 0 Å². The second-order valence-corrected chi connectivity index (χ2v) is 1.85. The number of phenolic OH excluding ortho intramolecular Hbond substituents is 1. The Balaban J connectivity index is 0.000001000. The molecule has 0 heterocycles. The first kappa shape index (κ1) is 10.5. The van der Waals surface area contributed by atoms with E-state index in [4.69, 9.17) is 10.2 Å². The number of aromatic carboxylic acids is 1. The molecule has 1 aromatic rings. The predicted molar refractivity (Wildman–Crippen MR) is 35.1 cm³/mol. The Labute approximate surface area is 86.0 Å². The van der Waals surface area contributed by atoms with Crippen molar-refractivity contribution in [3.63, 3.8) is 0 Å². The van der Waals surface area contributed by atoms with Gasteiger partial charge in [0.15, 0.2) is 0 Å². The van der Waals surface area contributed by atoms with Gasteiger partial charge < -0.3 is 10.2 Å². The first-order valence-electron chi connectivity index (χ1n) is 2.72. The van der Waals surface area contributed by atoms with E-state index in [1.54, 1.807) is 0 Å². The van der Waals surface area contributed by atoms with Crippen molar-refractivity contribution in [1.29, 1.82) is 0 Å². The Hall–Kier alpha value is -0.510. The minimum atomic E-state index is -0.986. The summed E-state index contributed by atoms with van der Waals surface area (Å²) in [5.74, 6) is -0.912. The molecule has 1 rings (SSSR count). The van der Waals surface area contributed by atoms with Crippen molar-refractivity contribution in [2.45, 2.75) is 0 Å². The van der Waals surface area contributed by atoms with Gasteiger partial charge in [-0.2, -0.15) is 0 Å². The summed E-state index contributed by atoms with van der Waals surface area (Å²) in [7, 11) is 0. The molecule has 0 saturated heterocycles. The van der Waals surface area contributed by atoms with Gasteiger partial charge >= 0.3 is 35.5 Å². The quantitative estimate of drug-likeness (QED) is 0.473. The average molecular weight is 161 g/mol. The van der Waals surface area contributed by atoms with Crippen LogP contribution in [0.25, 0.3) is 0 Å². The number of aromatic hydroxyl groups is 1. The zero-order valence-corrected chi connectivity index (χ0v) is 8.11. The van der Waals surface area contributed by atoms with E-state index in [1.807, 2.05) is 0 Å². The Kier molecular flexibility index (Phi) is 4.18. The van der Waals surface area contributed by atoms with Gasteiger partial charge in [-0.1, -0.05) is 0 Å². The first-order valence-corrected chi connectivity index (χ1v) is 2.72. The molecule has 1 aromatic carbocycles.